The van der Waals surface area contributed by atoms with Crippen LogP contribution in [0.2, 0.25) is 0 Å². The fourth-order valence-corrected chi connectivity index (χ4v) is 3.40. The van der Waals surface area contributed by atoms with Crippen LogP contribution in [-0.2, 0) is 16.9 Å². The fourth-order valence-electron chi connectivity index (χ4n) is 3.40. The molecule has 0 unspecified atom stereocenters. The van der Waals surface area contributed by atoms with Crippen LogP contribution in [-0.4, -0.2) is 41.4 Å². The van der Waals surface area contributed by atoms with E-state index in [2.05, 4.69) is 40.9 Å². The predicted molar refractivity (Wildman–Crippen MR) is 69.5 cm³/mol. The molecule has 4 heteroatoms. The van der Waals surface area contributed by atoms with Gasteiger partial charge in [0.15, 0.2) is 0 Å². The minimum absolute atomic E-state index is 0.136. The minimum atomic E-state index is -0.136. The number of rotatable bonds is 0. The van der Waals surface area contributed by atoms with Crippen molar-refractivity contribution in [2.75, 3.05) is 26.7 Å². The number of aromatic nitrogens is 2. The molecule has 4 rings (SSSR count). The van der Waals surface area contributed by atoms with Crippen molar-refractivity contribution in [1.82, 2.24) is 14.7 Å². The second-order valence-corrected chi connectivity index (χ2v) is 5.42. The normalized spacial score (nSPS) is 28.1. The summed E-state index contributed by atoms with van der Waals surface area (Å²) in [6, 6.07) is 8.40. The van der Waals surface area contributed by atoms with E-state index in [4.69, 9.17) is 9.84 Å². The van der Waals surface area contributed by atoms with Gasteiger partial charge in [-0.05, 0) is 19.5 Å². The molecule has 2 aromatic rings. The van der Waals surface area contributed by atoms with E-state index in [0.29, 0.717) is 0 Å². The summed E-state index contributed by atoms with van der Waals surface area (Å²) in [5.41, 5.74) is 2.24. The smallest absolute Gasteiger partial charge is 0.124 e. The van der Waals surface area contributed by atoms with Crippen molar-refractivity contribution in [2.24, 2.45) is 0 Å². The maximum Gasteiger partial charge on any atom is 0.124 e. The molecule has 2 aliphatic rings. The predicted octanol–water partition coefficient (Wildman–Crippen LogP) is 1.60. The van der Waals surface area contributed by atoms with Crippen molar-refractivity contribution in [3.8, 4) is 0 Å². The van der Waals surface area contributed by atoms with Gasteiger partial charge in [-0.2, -0.15) is 5.10 Å². The first-order valence-corrected chi connectivity index (χ1v) is 6.57. The SMILES string of the molecule is CN1CC[C@]2(C1)OCCn1nc3ccccc3c12. The number of hydrogen-bond donors (Lipinski definition) is 0. The van der Waals surface area contributed by atoms with E-state index in [0.717, 1.165) is 38.2 Å². The molecule has 4 nitrogen and oxygen atoms in total. The summed E-state index contributed by atoms with van der Waals surface area (Å²) in [5, 5.41) is 5.97. The van der Waals surface area contributed by atoms with Gasteiger partial charge in [0.1, 0.15) is 5.60 Å². The van der Waals surface area contributed by atoms with Gasteiger partial charge >= 0.3 is 0 Å². The Kier molecular flexibility index (Phi) is 2.08. The number of nitrogens with zero attached hydrogens (tertiary/aromatic N) is 3. The number of likely N-dealkylation sites (N-methyl/N-ethyl adjacent to an activating group) is 1. The van der Waals surface area contributed by atoms with E-state index < -0.39 is 0 Å². The third-order valence-electron chi connectivity index (χ3n) is 4.18. The molecule has 94 valence electrons. The standard InChI is InChI=1S/C14H17N3O/c1-16-7-6-14(10-16)13-11-4-2-3-5-12(11)15-17(13)8-9-18-14/h2-5H,6-10H2,1H3/t14-/m1/s1. The van der Waals surface area contributed by atoms with Gasteiger partial charge in [0.2, 0.25) is 0 Å². The number of ether oxygens (including phenoxy) is 1. The Morgan fingerprint density at radius 1 is 1.28 bits per heavy atom. The Morgan fingerprint density at radius 3 is 3.00 bits per heavy atom. The molecule has 1 saturated heterocycles. The number of fused-ring (bicyclic) bond motifs is 4. The quantitative estimate of drug-likeness (QED) is 0.704. The van der Waals surface area contributed by atoms with Crippen LogP contribution >= 0.6 is 0 Å². The van der Waals surface area contributed by atoms with E-state index in [1.807, 2.05) is 0 Å². The Labute approximate surface area is 106 Å². The average molecular weight is 243 g/mol. The highest BCUT2D eigenvalue weighted by atomic mass is 16.5. The number of hydrogen-bond acceptors (Lipinski definition) is 3. The summed E-state index contributed by atoms with van der Waals surface area (Å²) in [5.74, 6) is 0. The van der Waals surface area contributed by atoms with Crippen LogP contribution in [0.3, 0.4) is 0 Å². The lowest BCUT2D eigenvalue weighted by molar-refractivity contribution is -0.0697. The molecular weight excluding hydrogens is 226 g/mol. The highest BCUT2D eigenvalue weighted by molar-refractivity contribution is 5.82. The van der Waals surface area contributed by atoms with E-state index >= 15 is 0 Å². The summed E-state index contributed by atoms with van der Waals surface area (Å²) in [4.78, 5) is 2.34. The zero-order valence-electron chi connectivity index (χ0n) is 10.6. The van der Waals surface area contributed by atoms with Crippen LogP contribution in [0.15, 0.2) is 24.3 Å². The molecule has 0 aliphatic carbocycles. The molecule has 1 spiro atoms. The van der Waals surface area contributed by atoms with Crippen LogP contribution in [0.4, 0.5) is 0 Å². The van der Waals surface area contributed by atoms with Crippen molar-refractivity contribution < 1.29 is 4.74 Å². The first kappa shape index (κ1) is 10.5. The summed E-state index contributed by atoms with van der Waals surface area (Å²) < 4.78 is 8.35. The van der Waals surface area contributed by atoms with Crippen LogP contribution in [0.1, 0.15) is 12.1 Å². The Bertz CT molecular complexity index is 606. The van der Waals surface area contributed by atoms with Crippen molar-refractivity contribution in [1.29, 1.82) is 0 Å². The molecule has 0 saturated carbocycles. The molecule has 0 bridgehead atoms. The first-order valence-electron chi connectivity index (χ1n) is 6.57. The van der Waals surface area contributed by atoms with Gasteiger partial charge in [-0.15, -0.1) is 0 Å². The maximum absolute atomic E-state index is 6.19. The third-order valence-corrected chi connectivity index (χ3v) is 4.18. The zero-order valence-corrected chi connectivity index (χ0v) is 10.6. The second kappa shape index (κ2) is 3.56. The van der Waals surface area contributed by atoms with E-state index in [1.54, 1.807) is 0 Å². The minimum Gasteiger partial charge on any atom is -0.365 e. The molecule has 18 heavy (non-hydrogen) atoms. The summed E-state index contributed by atoms with van der Waals surface area (Å²) >= 11 is 0. The molecule has 2 aliphatic heterocycles. The molecule has 1 aromatic carbocycles. The Balaban J connectivity index is 1.97. The summed E-state index contributed by atoms with van der Waals surface area (Å²) in [6.07, 6.45) is 1.07. The van der Waals surface area contributed by atoms with Crippen molar-refractivity contribution >= 4 is 10.9 Å². The molecule has 1 fully saturated rings. The third kappa shape index (κ3) is 1.30. The molecule has 0 N–H and O–H groups in total. The van der Waals surface area contributed by atoms with Crippen LogP contribution in [0.25, 0.3) is 10.9 Å². The highest BCUT2D eigenvalue weighted by Crippen LogP contribution is 2.41. The van der Waals surface area contributed by atoms with Crippen molar-refractivity contribution in [2.45, 2.75) is 18.6 Å². The van der Waals surface area contributed by atoms with Gasteiger partial charge in [-0.1, -0.05) is 18.2 Å². The van der Waals surface area contributed by atoms with Crippen molar-refractivity contribution in [3.05, 3.63) is 30.0 Å². The summed E-state index contributed by atoms with van der Waals surface area (Å²) in [6.45, 7) is 3.71. The Morgan fingerprint density at radius 2 is 2.17 bits per heavy atom. The maximum atomic E-state index is 6.19. The molecule has 0 amide bonds. The van der Waals surface area contributed by atoms with Gasteiger partial charge in [0, 0.05) is 18.5 Å². The molecule has 1 aromatic heterocycles. The Hall–Kier alpha value is -1.39. The molecule has 1 atom stereocenters. The number of benzene rings is 1. The lowest BCUT2D eigenvalue weighted by atomic mass is 9.94. The van der Waals surface area contributed by atoms with Crippen LogP contribution < -0.4 is 0 Å². The second-order valence-electron chi connectivity index (χ2n) is 5.42. The van der Waals surface area contributed by atoms with Gasteiger partial charge < -0.3 is 9.64 Å². The van der Waals surface area contributed by atoms with Gasteiger partial charge in [0.25, 0.3) is 0 Å². The van der Waals surface area contributed by atoms with E-state index in [1.165, 1.54) is 11.1 Å². The van der Waals surface area contributed by atoms with Gasteiger partial charge in [0.05, 0.1) is 24.4 Å². The van der Waals surface area contributed by atoms with E-state index in [-0.39, 0.29) is 5.60 Å². The highest BCUT2D eigenvalue weighted by Gasteiger charge is 2.45. The van der Waals surface area contributed by atoms with Crippen LogP contribution in [0.5, 0.6) is 0 Å². The fraction of sp³-hybridized carbons (Fsp3) is 0.500. The molecule has 3 heterocycles. The number of likely N-dealkylation sites (tertiary alicyclic amines) is 1. The first-order chi connectivity index (χ1) is 8.78. The average Bonchev–Trinajstić information content (AvgIpc) is 2.92. The van der Waals surface area contributed by atoms with E-state index in [9.17, 15) is 0 Å². The lowest BCUT2D eigenvalue weighted by Crippen LogP contribution is -2.40. The molecular formula is C14H17N3O. The monoisotopic (exact) mass is 243 g/mol. The van der Waals surface area contributed by atoms with Crippen molar-refractivity contribution in [3.63, 3.8) is 0 Å². The molecule has 0 radical (unpaired) electrons. The zero-order chi connectivity index (χ0) is 12.2. The summed E-state index contributed by atoms with van der Waals surface area (Å²) in [7, 11) is 2.16. The van der Waals surface area contributed by atoms with Crippen LogP contribution in [0, 0.1) is 0 Å². The largest absolute Gasteiger partial charge is 0.365 e. The topological polar surface area (TPSA) is 30.3 Å². The lowest BCUT2D eigenvalue weighted by Gasteiger charge is -2.34. The van der Waals surface area contributed by atoms with Gasteiger partial charge in [-0.25, -0.2) is 0 Å². The van der Waals surface area contributed by atoms with Gasteiger partial charge in [-0.3, -0.25) is 4.68 Å².